The van der Waals surface area contributed by atoms with E-state index in [1.165, 1.54) is 32.8 Å². The lowest BCUT2D eigenvalue weighted by Crippen LogP contribution is -2.30. The molecule has 0 aromatic rings. The van der Waals surface area contributed by atoms with E-state index in [0.717, 1.165) is 12.5 Å². The summed E-state index contributed by atoms with van der Waals surface area (Å²) in [6.45, 7) is 1.65. The van der Waals surface area contributed by atoms with Crippen LogP contribution in [0.5, 0.6) is 0 Å². The summed E-state index contributed by atoms with van der Waals surface area (Å²) in [4.78, 5) is 10.8. The molecule has 0 aromatic carbocycles. The second-order valence-electron chi connectivity index (χ2n) is 3.78. The van der Waals surface area contributed by atoms with Gasteiger partial charge in [-0.05, 0) is 25.3 Å². The molecule has 82 valence electrons. The molecule has 0 heterocycles. The first-order valence-corrected chi connectivity index (χ1v) is 6.08. The van der Waals surface area contributed by atoms with Gasteiger partial charge in [-0.1, -0.05) is 28.8 Å². The predicted molar refractivity (Wildman–Crippen MR) is 59.6 cm³/mol. The second kappa shape index (κ2) is 6.40. The summed E-state index contributed by atoms with van der Waals surface area (Å²) in [6.07, 6.45) is 5.39. The summed E-state index contributed by atoms with van der Waals surface area (Å²) in [5.74, 6) is 0.789. The van der Waals surface area contributed by atoms with E-state index >= 15 is 0 Å². The third kappa shape index (κ3) is 4.96. The highest BCUT2D eigenvalue weighted by Crippen LogP contribution is 2.33. The Hall–Kier alpha value is -0.0900. The van der Waals surface area contributed by atoms with Crippen molar-refractivity contribution in [2.75, 3.05) is 20.2 Å². The molecule has 0 amide bonds. The number of nitrogens with one attached hydrogen (secondary N) is 1. The average molecular weight is 264 g/mol. The molecule has 3 nitrogen and oxygen atoms in total. The van der Waals surface area contributed by atoms with Crippen LogP contribution in [0, 0.1) is 5.92 Å². The van der Waals surface area contributed by atoms with Gasteiger partial charge in [0.1, 0.15) is 4.83 Å². The molecular weight excluding hydrogens is 246 g/mol. The van der Waals surface area contributed by atoms with Crippen LogP contribution in [0.25, 0.3) is 0 Å². The fraction of sp³-hybridized carbons (Fsp3) is 0.900. The number of halogens is 1. The molecule has 1 aliphatic carbocycles. The largest absolute Gasteiger partial charge is 0.468 e. The number of alkyl halides is 1. The van der Waals surface area contributed by atoms with Gasteiger partial charge >= 0.3 is 5.97 Å². The SMILES string of the molecule is COC(=O)C(Br)CNCCCC1CC1. The van der Waals surface area contributed by atoms with Gasteiger partial charge in [-0.3, -0.25) is 4.79 Å². The Morgan fingerprint density at radius 3 is 2.93 bits per heavy atom. The third-order valence-corrected chi connectivity index (χ3v) is 3.14. The van der Waals surface area contributed by atoms with Crippen molar-refractivity contribution >= 4 is 21.9 Å². The fourth-order valence-electron chi connectivity index (χ4n) is 1.36. The molecule has 1 rings (SSSR count). The van der Waals surface area contributed by atoms with Gasteiger partial charge < -0.3 is 10.1 Å². The lowest BCUT2D eigenvalue weighted by Gasteiger charge is -2.08. The van der Waals surface area contributed by atoms with Crippen LogP contribution in [0.3, 0.4) is 0 Å². The number of hydrogen-bond acceptors (Lipinski definition) is 3. The zero-order valence-electron chi connectivity index (χ0n) is 8.59. The number of ether oxygens (including phenoxy) is 1. The predicted octanol–water partition coefficient (Wildman–Crippen LogP) is 1.70. The number of carbonyl (C=O) groups excluding carboxylic acids is 1. The standard InChI is InChI=1S/C10H18BrNO2/c1-14-10(13)9(11)7-12-6-2-3-8-4-5-8/h8-9,12H,2-7H2,1H3. The van der Waals surface area contributed by atoms with Crippen LogP contribution >= 0.6 is 15.9 Å². The summed E-state index contributed by atoms with van der Waals surface area (Å²) < 4.78 is 4.59. The zero-order chi connectivity index (χ0) is 10.4. The summed E-state index contributed by atoms with van der Waals surface area (Å²) >= 11 is 3.26. The van der Waals surface area contributed by atoms with Crippen LogP contribution in [0.15, 0.2) is 0 Å². The van der Waals surface area contributed by atoms with E-state index in [9.17, 15) is 4.79 Å². The molecule has 14 heavy (non-hydrogen) atoms. The molecular formula is C10H18BrNO2. The molecule has 1 unspecified atom stereocenters. The molecule has 0 aromatic heterocycles. The Labute approximate surface area is 93.7 Å². The van der Waals surface area contributed by atoms with Gasteiger partial charge in [-0.2, -0.15) is 0 Å². The number of methoxy groups -OCH3 is 1. The Kier molecular flexibility index (Phi) is 5.48. The van der Waals surface area contributed by atoms with Gasteiger partial charge in [0, 0.05) is 6.54 Å². The minimum atomic E-state index is -0.214. The molecule has 1 atom stereocenters. The monoisotopic (exact) mass is 263 g/mol. The summed E-state index contributed by atoms with van der Waals surface area (Å²) in [5.41, 5.74) is 0. The van der Waals surface area contributed by atoms with Crippen LogP contribution in [-0.4, -0.2) is 31.0 Å². The van der Waals surface area contributed by atoms with Gasteiger partial charge in [-0.15, -0.1) is 0 Å². The normalized spacial score (nSPS) is 17.9. The Morgan fingerprint density at radius 2 is 2.36 bits per heavy atom. The minimum Gasteiger partial charge on any atom is -0.468 e. The quantitative estimate of drug-likeness (QED) is 0.432. The Bertz CT molecular complexity index is 183. The van der Waals surface area contributed by atoms with E-state index in [4.69, 9.17) is 0 Å². The second-order valence-corrected chi connectivity index (χ2v) is 4.89. The number of hydrogen-bond donors (Lipinski definition) is 1. The molecule has 1 saturated carbocycles. The van der Waals surface area contributed by atoms with E-state index in [0.29, 0.717) is 6.54 Å². The number of esters is 1. The Morgan fingerprint density at radius 1 is 1.64 bits per heavy atom. The van der Waals surface area contributed by atoms with Crippen molar-refractivity contribution in [1.82, 2.24) is 5.32 Å². The van der Waals surface area contributed by atoms with Crippen molar-refractivity contribution < 1.29 is 9.53 Å². The van der Waals surface area contributed by atoms with Crippen LogP contribution in [0.2, 0.25) is 0 Å². The first-order chi connectivity index (χ1) is 6.74. The molecule has 0 radical (unpaired) electrons. The van der Waals surface area contributed by atoms with Crippen LogP contribution in [0.1, 0.15) is 25.7 Å². The van der Waals surface area contributed by atoms with E-state index in [2.05, 4.69) is 26.0 Å². The average Bonchev–Trinajstić information content (AvgIpc) is 2.99. The van der Waals surface area contributed by atoms with Gasteiger partial charge in [0.2, 0.25) is 0 Å². The summed E-state index contributed by atoms with van der Waals surface area (Å²) in [6, 6.07) is 0. The molecule has 0 spiro atoms. The van der Waals surface area contributed by atoms with Crippen molar-refractivity contribution in [1.29, 1.82) is 0 Å². The smallest absolute Gasteiger partial charge is 0.320 e. The maximum atomic E-state index is 11.0. The highest BCUT2D eigenvalue weighted by atomic mass is 79.9. The highest BCUT2D eigenvalue weighted by Gasteiger charge is 2.20. The maximum Gasteiger partial charge on any atom is 0.320 e. The van der Waals surface area contributed by atoms with E-state index in [1.807, 2.05) is 0 Å². The lowest BCUT2D eigenvalue weighted by molar-refractivity contribution is -0.139. The highest BCUT2D eigenvalue weighted by molar-refractivity contribution is 9.10. The molecule has 1 fully saturated rings. The van der Waals surface area contributed by atoms with Gasteiger partial charge in [-0.25, -0.2) is 0 Å². The maximum absolute atomic E-state index is 11.0. The van der Waals surface area contributed by atoms with Crippen LogP contribution < -0.4 is 5.32 Å². The summed E-state index contributed by atoms with van der Waals surface area (Å²) in [5, 5.41) is 3.24. The van der Waals surface area contributed by atoms with Gasteiger partial charge in [0.05, 0.1) is 7.11 Å². The fourth-order valence-corrected chi connectivity index (χ4v) is 1.78. The molecule has 0 saturated heterocycles. The first-order valence-electron chi connectivity index (χ1n) is 5.16. The molecule has 0 bridgehead atoms. The first kappa shape index (κ1) is 12.0. The van der Waals surface area contributed by atoms with Crippen molar-refractivity contribution in [3.63, 3.8) is 0 Å². The van der Waals surface area contributed by atoms with Crippen molar-refractivity contribution in [2.24, 2.45) is 5.92 Å². The molecule has 1 aliphatic rings. The molecule has 4 heteroatoms. The van der Waals surface area contributed by atoms with E-state index in [1.54, 1.807) is 0 Å². The van der Waals surface area contributed by atoms with Crippen molar-refractivity contribution in [3.8, 4) is 0 Å². The molecule has 1 N–H and O–H groups in total. The van der Waals surface area contributed by atoms with Crippen molar-refractivity contribution in [2.45, 2.75) is 30.5 Å². The molecule has 0 aliphatic heterocycles. The van der Waals surface area contributed by atoms with Gasteiger partial charge in [0.25, 0.3) is 0 Å². The number of carbonyl (C=O) groups is 1. The van der Waals surface area contributed by atoms with E-state index < -0.39 is 0 Å². The lowest BCUT2D eigenvalue weighted by atomic mass is 10.2. The van der Waals surface area contributed by atoms with Crippen molar-refractivity contribution in [3.05, 3.63) is 0 Å². The minimum absolute atomic E-state index is 0.209. The summed E-state index contributed by atoms with van der Waals surface area (Å²) in [7, 11) is 1.41. The van der Waals surface area contributed by atoms with Crippen LogP contribution in [-0.2, 0) is 9.53 Å². The van der Waals surface area contributed by atoms with Crippen LogP contribution in [0.4, 0.5) is 0 Å². The Balaban J connectivity index is 1.88. The number of rotatable bonds is 7. The topological polar surface area (TPSA) is 38.3 Å². The third-order valence-electron chi connectivity index (χ3n) is 2.44. The zero-order valence-corrected chi connectivity index (χ0v) is 10.2. The van der Waals surface area contributed by atoms with Gasteiger partial charge in [0.15, 0.2) is 0 Å². The van der Waals surface area contributed by atoms with E-state index in [-0.39, 0.29) is 10.8 Å².